The third-order valence-electron chi connectivity index (χ3n) is 3.86. The standard InChI is InChI=1S/C15H22N2O/c1-2-12(10-16)9-15(18)17-8-7-13-5-3-4-6-14(13)11-17/h3-6,12H,2,7-11,16H2,1H3. The zero-order valence-electron chi connectivity index (χ0n) is 11.1. The zero-order valence-corrected chi connectivity index (χ0v) is 11.1. The van der Waals surface area contributed by atoms with E-state index >= 15 is 0 Å². The molecule has 1 aliphatic rings. The molecule has 0 saturated heterocycles. The number of nitrogens with two attached hydrogens (primary N) is 1. The number of hydrogen-bond acceptors (Lipinski definition) is 2. The van der Waals surface area contributed by atoms with E-state index in [-0.39, 0.29) is 5.91 Å². The van der Waals surface area contributed by atoms with Crippen molar-refractivity contribution in [2.24, 2.45) is 11.7 Å². The largest absolute Gasteiger partial charge is 0.338 e. The van der Waals surface area contributed by atoms with Crippen molar-refractivity contribution in [1.29, 1.82) is 0 Å². The summed E-state index contributed by atoms with van der Waals surface area (Å²) >= 11 is 0. The molecule has 3 heteroatoms. The molecule has 1 aliphatic heterocycles. The van der Waals surface area contributed by atoms with Gasteiger partial charge in [-0.25, -0.2) is 0 Å². The third-order valence-corrected chi connectivity index (χ3v) is 3.86. The van der Waals surface area contributed by atoms with Crippen LogP contribution >= 0.6 is 0 Å². The first-order chi connectivity index (χ1) is 8.74. The van der Waals surface area contributed by atoms with E-state index in [1.165, 1.54) is 11.1 Å². The molecule has 0 spiro atoms. The molecular weight excluding hydrogens is 224 g/mol. The molecule has 18 heavy (non-hydrogen) atoms. The summed E-state index contributed by atoms with van der Waals surface area (Å²) < 4.78 is 0. The summed E-state index contributed by atoms with van der Waals surface area (Å²) in [5.74, 6) is 0.580. The second-order valence-electron chi connectivity index (χ2n) is 5.05. The van der Waals surface area contributed by atoms with E-state index in [1.54, 1.807) is 0 Å². The van der Waals surface area contributed by atoms with E-state index in [2.05, 4.69) is 25.1 Å². The van der Waals surface area contributed by atoms with Crippen molar-refractivity contribution in [1.82, 2.24) is 4.90 Å². The molecule has 0 aromatic heterocycles. The van der Waals surface area contributed by atoms with E-state index < -0.39 is 0 Å². The Morgan fingerprint density at radius 3 is 2.78 bits per heavy atom. The van der Waals surface area contributed by atoms with Crippen LogP contribution in [0.25, 0.3) is 0 Å². The van der Waals surface area contributed by atoms with Crippen molar-refractivity contribution >= 4 is 5.91 Å². The smallest absolute Gasteiger partial charge is 0.223 e. The van der Waals surface area contributed by atoms with Crippen molar-refractivity contribution < 1.29 is 4.79 Å². The van der Waals surface area contributed by atoms with Crippen LogP contribution in [-0.2, 0) is 17.8 Å². The van der Waals surface area contributed by atoms with Gasteiger partial charge >= 0.3 is 0 Å². The number of benzene rings is 1. The van der Waals surface area contributed by atoms with Crippen LogP contribution in [0, 0.1) is 5.92 Å². The van der Waals surface area contributed by atoms with E-state index in [9.17, 15) is 4.79 Å². The lowest BCUT2D eigenvalue weighted by molar-refractivity contribution is -0.133. The van der Waals surface area contributed by atoms with Crippen molar-refractivity contribution in [3.8, 4) is 0 Å². The summed E-state index contributed by atoms with van der Waals surface area (Å²) in [6.07, 6.45) is 2.54. The van der Waals surface area contributed by atoms with Gasteiger partial charge in [-0.15, -0.1) is 0 Å². The summed E-state index contributed by atoms with van der Waals surface area (Å²) in [5, 5.41) is 0. The molecule has 2 N–H and O–H groups in total. The van der Waals surface area contributed by atoms with Crippen molar-refractivity contribution in [2.45, 2.75) is 32.7 Å². The van der Waals surface area contributed by atoms with Gasteiger partial charge in [-0.3, -0.25) is 4.79 Å². The lowest BCUT2D eigenvalue weighted by atomic mass is 9.97. The average molecular weight is 246 g/mol. The molecule has 98 valence electrons. The van der Waals surface area contributed by atoms with E-state index in [0.717, 1.165) is 25.9 Å². The monoisotopic (exact) mass is 246 g/mol. The zero-order chi connectivity index (χ0) is 13.0. The molecule has 1 aromatic rings. The molecule has 0 fully saturated rings. The van der Waals surface area contributed by atoms with Gasteiger partial charge in [0.2, 0.25) is 5.91 Å². The third kappa shape index (κ3) is 2.91. The Kier molecular flexibility index (Phi) is 4.37. The number of carbonyl (C=O) groups is 1. The molecular formula is C15H22N2O. The number of rotatable bonds is 4. The van der Waals surface area contributed by atoms with Crippen LogP contribution in [0.15, 0.2) is 24.3 Å². The van der Waals surface area contributed by atoms with Crippen molar-refractivity contribution in [3.63, 3.8) is 0 Å². The topological polar surface area (TPSA) is 46.3 Å². The maximum Gasteiger partial charge on any atom is 0.223 e. The summed E-state index contributed by atoms with van der Waals surface area (Å²) in [4.78, 5) is 14.2. The van der Waals surface area contributed by atoms with Gasteiger partial charge in [-0.05, 0) is 30.0 Å². The van der Waals surface area contributed by atoms with Crippen LogP contribution in [0.1, 0.15) is 30.9 Å². The van der Waals surface area contributed by atoms with E-state index in [1.807, 2.05) is 11.0 Å². The van der Waals surface area contributed by atoms with Gasteiger partial charge in [-0.2, -0.15) is 0 Å². The van der Waals surface area contributed by atoms with Gasteiger partial charge in [0.05, 0.1) is 0 Å². The number of carbonyl (C=O) groups excluding carboxylic acids is 1. The second kappa shape index (κ2) is 6.01. The summed E-state index contributed by atoms with van der Waals surface area (Å²) in [6.45, 7) is 4.30. The number of nitrogens with zero attached hydrogens (tertiary/aromatic N) is 1. The minimum absolute atomic E-state index is 0.252. The van der Waals surface area contributed by atoms with Crippen molar-refractivity contribution in [2.75, 3.05) is 13.1 Å². The van der Waals surface area contributed by atoms with Gasteiger partial charge in [0, 0.05) is 19.5 Å². The van der Waals surface area contributed by atoms with Crippen LogP contribution in [0.3, 0.4) is 0 Å². The Balaban J connectivity index is 1.98. The molecule has 1 atom stereocenters. The van der Waals surface area contributed by atoms with Crippen LogP contribution in [-0.4, -0.2) is 23.9 Å². The molecule has 0 bridgehead atoms. The molecule has 0 aliphatic carbocycles. The second-order valence-corrected chi connectivity index (χ2v) is 5.05. The highest BCUT2D eigenvalue weighted by atomic mass is 16.2. The Morgan fingerprint density at radius 1 is 1.39 bits per heavy atom. The molecule has 1 unspecified atom stereocenters. The highest BCUT2D eigenvalue weighted by molar-refractivity contribution is 5.76. The first-order valence-electron chi connectivity index (χ1n) is 6.79. The summed E-state index contributed by atoms with van der Waals surface area (Å²) in [7, 11) is 0. The highest BCUT2D eigenvalue weighted by Gasteiger charge is 2.21. The van der Waals surface area contributed by atoms with Crippen molar-refractivity contribution in [3.05, 3.63) is 35.4 Å². The Bertz CT molecular complexity index is 413. The predicted octanol–water partition coefficient (Wildman–Crippen LogP) is 1.95. The first kappa shape index (κ1) is 13.1. The van der Waals surface area contributed by atoms with Gasteiger partial charge in [0.1, 0.15) is 0 Å². The fraction of sp³-hybridized carbons (Fsp3) is 0.533. The van der Waals surface area contributed by atoms with Crippen LogP contribution in [0.5, 0.6) is 0 Å². The van der Waals surface area contributed by atoms with E-state index in [4.69, 9.17) is 5.73 Å². The average Bonchev–Trinajstić information content (AvgIpc) is 2.44. The maximum atomic E-state index is 12.2. The predicted molar refractivity (Wildman–Crippen MR) is 73.0 cm³/mol. The first-order valence-corrected chi connectivity index (χ1v) is 6.79. The van der Waals surface area contributed by atoms with Gasteiger partial charge in [0.15, 0.2) is 0 Å². The summed E-state index contributed by atoms with van der Waals surface area (Å²) in [6, 6.07) is 8.39. The van der Waals surface area contributed by atoms with E-state index in [0.29, 0.717) is 18.9 Å². The molecule has 0 radical (unpaired) electrons. The Hall–Kier alpha value is -1.35. The Morgan fingerprint density at radius 2 is 2.11 bits per heavy atom. The quantitative estimate of drug-likeness (QED) is 0.882. The van der Waals surface area contributed by atoms with Crippen LogP contribution in [0.4, 0.5) is 0 Å². The number of fused-ring (bicyclic) bond motifs is 1. The molecule has 0 saturated carbocycles. The number of amides is 1. The lowest BCUT2D eigenvalue weighted by Crippen LogP contribution is -2.37. The summed E-state index contributed by atoms with van der Waals surface area (Å²) in [5.41, 5.74) is 8.34. The maximum absolute atomic E-state index is 12.2. The van der Waals surface area contributed by atoms with Crippen LogP contribution < -0.4 is 5.73 Å². The van der Waals surface area contributed by atoms with Gasteiger partial charge in [0.25, 0.3) is 0 Å². The van der Waals surface area contributed by atoms with Gasteiger partial charge in [-0.1, -0.05) is 37.6 Å². The fourth-order valence-corrected chi connectivity index (χ4v) is 2.48. The van der Waals surface area contributed by atoms with Crippen LogP contribution in [0.2, 0.25) is 0 Å². The molecule has 1 amide bonds. The SMILES string of the molecule is CCC(CN)CC(=O)N1CCc2ccccc2C1. The molecule has 3 nitrogen and oxygen atoms in total. The normalized spacial score (nSPS) is 16.2. The highest BCUT2D eigenvalue weighted by Crippen LogP contribution is 2.20. The molecule has 2 rings (SSSR count). The minimum atomic E-state index is 0.252. The fourth-order valence-electron chi connectivity index (χ4n) is 2.48. The Labute approximate surface area is 109 Å². The van der Waals surface area contributed by atoms with Gasteiger partial charge < -0.3 is 10.6 Å². The lowest BCUT2D eigenvalue weighted by Gasteiger charge is -2.30. The number of hydrogen-bond donors (Lipinski definition) is 1. The minimum Gasteiger partial charge on any atom is -0.338 e. The molecule has 1 heterocycles. The molecule has 1 aromatic carbocycles.